The molecule has 2 heterocycles. The molecular weight excluding hydrogens is 362 g/mol. The first kappa shape index (κ1) is 15.5. The number of anilines is 1. The minimum atomic E-state index is 0.110. The van der Waals surface area contributed by atoms with E-state index in [1.165, 1.54) is 24.6 Å². The Kier molecular flexibility index (Phi) is 5.10. The van der Waals surface area contributed by atoms with Crippen LogP contribution in [0.5, 0.6) is 0 Å². The average molecular weight is 378 g/mol. The summed E-state index contributed by atoms with van der Waals surface area (Å²) in [4.78, 5) is 23.0. The Balaban J connectivity index is 1.62. The van der Waals surface area contributed by atoms with Gasteiger partial charge in [-0.1, -0.05) is 39.8 Å². The topological polar surface area (TPSA) is 46.1 Å². The van der Waals surface area contributed by atoms with Crippen LogP contribution in [0.25, 0.3) is 0 Å². The lowest BCUT2D eigenvalue weighted by molar-refractivity contribution is 0.102. The van der Waals surface area contributed by atoms with Crippen molar-refractivity contribution in [2.24, 2.45) is 0 Å². The molecular formula is C16H16BrN3OS. The lowest BCUT2D eigenvalue weighted by Crippen LogP contribution is -2.19. The Morgan fingerprint density at radius 3 is 2.64 bits per heavy atom. The lowest BCUT2D eigenvalue weighted by Gasteiger charge is -2.16. The van der Waals surface area contributed by atoms with E-state index in [0.717, 1.165) is 34.0 Å². The summed E-state index contributed by atoms with van der Waals surface area (Å²) < 4.78 is 0.975. The Hall–Kier alpha value is -1.40. The predicted molar refractivity (Wildman–Crippen MR) is 92.7 cm³/mol. The van der Waals surface area contributed by atoms with Crippen LogP contribution in [0.3, 0.4) is 0 Å². The zero-order chi connectivity index (χ0) is 15.4. The van der Waals surface area contributed by atoms with Crippen molar-refractivity contribution in [3.8, 4) is 0 Å². The van der Waals surface area contributed by atoms with Crippen LogP contribution in [0.15, 0.2) is 46.2 Å². The third-order valence-corrected chi connectivity index (χ3v) is 5.03. The fourth-order valence-corrected chi connectivity index (χ4v) is 3.41. The van der Waals surface area contributed by atoms with Gasteiger partial charge in [-0.3, -0.25) is 4.79 Å². The summed E-state index contributed by atoms with van der Waals surface area (Å²) in [5.74, 6) is 1.46. The van der Waals surface area contributed by atoms with Gasteiger partial charge in [0.15, 0.2) is 5.78 Å². The molecule has 1 saturated heterocycles. The van der Waals surface area contributed by atoms with Gasteiger partial charge in [0.25, 0.3) is 0 Å². The third-order valence-electron chi connectivity index (χ3n) is 3.57. The fourth-order valence-electron chi connectivity index (χ4n) is 2.39. The first-order valence-electron chi connectivity index (χ1n) is 7.21. The van der Waals surface area contributed by atoms with Crippen LogP contribution in [-0.2, 0) is 0 Å². The van der Waals surface area contributed by atoms with Crippen molar-refractivity contribution in [3.05, 3.63) is 46.7 Å². The van der Waals surface area contributed by atoms with E-state index in [1.54, 1.807) is 6.33 Å². The van der Waals surface area contributed by atoms with E-state index < -0.39 is 0 Å². The van der Waals surface area contributed by atoms with Crippen LogP contribution < -0.4 is 4.90 Å². The molecule has 0 atom stereocenters. The predicted octanol–water partition coefficient (Wildman–Crippen LogP) is 3.81. The normalized spacial score (nSPS) is 14.3. The SMILES string of the molecule is O=C(CSc1cc(N2CCCC2)ncn1)c1ccc(Br)cc1. The second-order valence-electron chi connectivity index (χ2n) is 5.13. The molecule has 3 rings (SSSR count). The lowest BCUT2D eigenvalue weighted by atomic mass is 10.2. The number of hydrogen-bond acceptors (Lipinski definition) is 5. The van der Waals surface area contributed by atoms with Crippen molar-refractivity contribution in [2.75, 3.05) is 23.7 Å². The summed E-state index contributed by atoms with van der Waals surface area (Å²) in [6.45, 7) is 2.11. The Morgan fingerprint density at radius 1 is 1.18 bits per heavy atom. The summed E-state index contributed by atoms with van der Waals surface area (Å²) in [5.41, 5.74) is 0.726. The van der Waals surface area contributed by atoms with Crippen LogP contribution in [0.1, 0.15) is 23.2 Å². The Bertz CT molecular complexity index is 657. The Labute approximate surface area is 142 Å². The highest BCUT2D eigenvalue weighted by atomic mass is 79.9. The van der Waals surface area contributed by atoms with Crippen molar-refractivity contribution in [2.45, 2.75) is 17.9 Å². The fraction of sp³-hybridized carbons (Fsp3) is 0.312. The van der Waals surface area contributed by atoms with Gasteiger partial charge in [-0.25, -0.2) is 9.97 Å². The largest absolute Gasteiger partial charge is 0.356 e. The summed E-state index contributed by atoms with van der Waals surface area (Å²) >= 11 is 4.83. The number of carbonyl (C=O) groups excluding carboxylic acids is 1. The van der Waals surface area contributed by atoms with Gasteiger partial charge in [-0.05, 0) is 25.0 Å². The van der Waals surface area contributed by atoms with Crippen molar-refractivity contribution in [1.29, 1.82) is 0 Å². The molecule has 1 aliphatic heterocycles. The van der Waals surface area contributed by atoms with Crippen LogP contribution >= 0.6 is 27.7 Å². The molecule has 6 heteroatoms. The van der Waals surface area contributed by atoms with Gasteiger partial charge >= 0.3 is 0 Å². The van der Waals surface area contributed by atoms with Crippen LogP contribution in [0, 0.1) is 0 Å². The number of Topliss-reactive ketones (excluding diaryl/α,β-unsaturated/α-hetero) is 1. The minimum absolute atomic E-state index is 0.110. The second kappa shape index (κ2) is 7.24. The van der Waals surface area contributed by atoms with Gasteiger partial charge in [-0.2, -0.15) is 0 Å². The quantitative estimate of drug-likeness (QED) is 0.450. The molecule has 0 saturated carbocycles. The van der Waals surface area contributed by atoms with Gasteiger partial charge in [0.2, 0.25) is 0 Å². The molecule has 0 unspecified atom stereocenters. The maximum Gasteiger partial charge on any atom is 0.173 e. The van der Waals surface area contributed by atoms with Crippen molar-refractivity contribution >= 4 is 39.3 Å². The number of thioether (sulfide) groups is 1. The van der Waals surface area contributed by atoms with Crippen LogP contribution in [0.2, 0.25) is 0 Å². The number of benzene rings is 1. The molecule has 0 spiro atoms. The van der Waals surface area contributed by atoms with E-state index >= 15 is 0 Å². The Morgan fingerprint density at radius 2 is 1.91 bits per heavy atom. The molecule has 1 aromatic heterocycles. The van der Waals surface area contributed by atoms with Gasteiger partial charge in [0.05, 0.1) is 5.75 Å². The number of halogens is 1. The average Bonchev–Trinajstić information content (AvgIpc) is 3.08. The van der Waals surface area contributed by atoms with E-state index in [4.69, 9.17) is 0 Å². The molecule has 2 aromatic rings. The number of carbonyl (C=O) groups is 1. The van der Waals surface area contributed by atoms with E-state index in [1.807, 2.05) is 30.3 Å². The van der Waals surface area contributed by atoms with Crippen molar-refractivity contribution in [3.63, 3.8) is 0 Å². The number of rotatable bonds is 5. The first-order valence-corrected chi connectivity index (χ1v) is 8.99. The number of ketones is 1. The molecule has 0 amide bonds. The second-order valence-corrected chi connectivity index (χ2v) is 7.04. The summed E-state index contributed by atoms with van der Waals surface area (Å²) in [5, 5.41) is 0.849. The van der Waals surface area contributed by atoms with Crippen molar-refractivity contribution < 1.29 is 4.79 Å². The zero-order valence-electron chi connectivity index (χ0n) is 12.0. The summed E-state index contributed by atoms with van der Waals surface area (Å²) in [6, 6.07) is 9.41. The number of nitrogens with zero attached hydrogens (tertiary/aromatic N) is 3. The first-order chi connectivity index (χ1) is 10.7. The smallest absolute Gasteiger partial charge is 0.173 e. The molecule has 0 aliphatic carbocycles. The number of hydrogen-bond donors (Lipinski definition) is 0. The summed E-state index contributed by atoms with van der Waals surface area (Å²) in [7, 11) is 0. The molecule has 1 aromatic carbocycles. The molecule has 0 radical (unpaired) electrons. The van der Waals surface area contributed by atoms with E-state index in [9.17, 15) is 4.79 Å². The molecule has 22 heavy (non-hydrogen) atoms. The maximum atomic E-state index is 12.2. The van der Waals surface area contributed by atoms with Crippen LogP contribution in [-0.4, -0.2) is 34.6 Å². The van der Waals surface area contributed by atoms with Gasteiger partial charge in [0.1, 0.15) is 17.2 Å². The zero-order valence-corrected chi connectivity index (χ0v) is 14.4. The van der Waals surface area contributed by atoms with Gasteiger partial charge in [0, 0.05) is 29.2 Å². The maximum absolute atomic E-state index is 12.2. The van der Waals surface area contributed by atoms with Gasteiger partial charge in [-0.15, -0.1) is 0 Å². The molecule has 4 nitrogen and oxygen atoms in total. The van der Waals surface area contributed by atoms with Crippen molar-refractivity contribution in [1.82, 2.24) is 9.97 Å². The van der Waals surface area contributed by atoms with Gasteiger partial charge < -0.3 is 4.90 Å². The molecule has 1 aliphatic rings. The van der Waals surface area contributed by atoms with Crippen LogP contribution in [0.4, 0.5) is 5.82 Å². The molecule has 1 fully saturated rings. The monoisotopic (exact) mass is 377 g/mol. The van der Waals surface area contributed by atoms with E-state index in [2.05, 4.69) is 30.8 Å². The summed E-state index contributed by atoms with van der Waals surface area (Å²) in [6.07, 6.45) is 4.02. The minimum Gasteiger partial charge on any atom is -0.356 e. The molecule has 0 N–H and O–H groups in total. The molecule has 0 bridgehead atoms. The standard InChI is InChI=1S/C16H16BrN3OS/c17-13-5-3-12(4-6-13)14(21)10-22-16-9-15(18-11-19-16)20-7-1-2-8-20/h3-6,9,11H,1-2,7-8,10H2. The number of aromatic nitrogens is 2. The van der Waals surface area contributed by atoms with E-state index in [0.29, 0.717) is 5.75 Å². The highest BCUT2D eigenvalue weighted by Crippen LogP contribution is 2.23. The highest BCUT2D eigenvalue weighted by molar-refractivity contribution is 9.10. The highest BCUT2D eigenvalue weighted by Gasteiger charge is 2.14. The molecule has 114 valence electrons. The van der Waals surface area contributed by atoms with E-state index in [-0.39, 0.29) is 5.78 Å². The third kappa shape index (κ3) is 3.87.